The van der Waals surface area contributed by atoms with Crippen LogP contribution in [0, 0.1) is 0 Å². The minimum atomic E-state index is -3.82. The molecule has 27 heavy (non-hydrogen) atoms. The lowest BCUT2D eigenvalue weighted by Gasteiger charge is -2.20. The Kier molecular flexibility index (Phi) is 6.00. The number of rotatable bonds is 6. The number of ether oxygens (including phenoxy) is 2. The van der Waals surface area contributed by atoms with Crippen molar-refractivity contribution >= 4 is 21.7 Å². The molecule has 0 spiro atoms. The van der Waals surface area contributed by atoms with E-state index in [9.17, 15) is 8.42 Å². The van der Waals surface area contributed by atoms with Gasteiger partial charge in [0.05, 0.1) is 19.1 Å². The molecule has 1 aromatic heterocycles. The summed E-state index contributed by atoms with van der Waals surface area (Å²) < 4.78 is 38.0. The maximum atomic E-state index is 12.6. The highest BCUT2D eigenvalue weighted by Crippen LogP contribution is 2.30. The van der Waals surface area contributed by atoms with Crippen LogP contribution in [0.25, 0.3) is 0 Å². The van der Waals surface area contributed by atoms with E-state index in [0.29, 0.717) is 11.5 Å². The first-order valence-electron chi connectivity index (χ1n) is 8.87. The Balaban J connectivity index is 1.75. The van der Waals surface area contributed by atoms with Gasteiger partial charge < -0.3 is 14.4 Å². The molecule has 0 unspecified atom stereocenters. The summed E-state index contributed by atoms with van der Waals surface area (Å²) in [6, 6.07) is 7.82. The molecule has 146 valence electrons. The smallest absolute Gasteiger partial charge is 0.263 e. The molecule has 0 amide bonds. The lowest BCUT2D eigenvalue weighted by atomic mass is 10.2. The van der Waals surface area contributed by atoms with E-state index < -0.39 is 10.0 Å². The number of hydrogen-bond donors (Lipinski definition) is 1. The van der Waals surface area contributed by atoms with Crippen LogP contribution in [0.1, 0.15) is 25.7 Å². The Bertz CT molecular complexity index is 863. The molecule has 0 atom stereocenters. The minimum absolute atomic E-state index is 0.0542. The van der Waals surface area contributed by atoms with E-state index in [1.807, 2.05) is 0 Å². The zero-order valence-electron chi connectivity index (χ0n) is 15.5. The maximum absolute atomic E-state index is 12.6. The van der Waals surface area contributed by atoms with Gasteiger partial charge in [-0.1, -0.05) is 12.8 Å². The van der Waals surface area contributed by atoms with Crippen molar-refractivity contribution in [1.82, 2.24) is 10.2 Å². The molecule has 2 heterocycles. The van der Waals surface area contributed by atoms with Crippen LogP contribution in [0.2, 0.25) is 0 Å². The molecule has 1 fully saturated rings. The fourth-order valence-electron chi connectivity index (χ4n) is 3.03. The van der Waals surface area contributed by atoms with Gasteiger partial charge in [-0.15, -0.1) is 10.2 Å². The second kappa shape index (κ2) is 8.43. The Morgan fingerprint density at radius 2 is 1.63 bits per heavy atom. The summed E-state index contributed by atoms with van der Waals surface area (Å²) in [7, 11) is -0.871. The van der Waals surface area contributed by atoms with Gasteiger partial charge in [0.25, 0.3) is 10.0 Å². The number of benzene rings is 1. The quantitative estimate of drug-likeness (QED) is 0.808. The predicted octanol–water partition coefficient (Wildman–Crippen LogP) is 2.68. The molecule has 8 nitrogen and oxygen atoms in total. The summed E-state index contributed by atoms with van der Waals surface area (Å²) >= 11 is 0. The minimum Gasteiger partial charge on any atom is -0.493 e. The molecular weight excluding hydrogens is 368 g/mol. The third-order valence-corrected chi connectivity index (χ3v) is 5.84. The number of aromatic nitrogens is 2. The van der Waals surface area contributed by atoms with Gasteiger partial charge in [-0.25, -0.2) is 8.42 Å². The molecule has 2 aromatic rings. The summed E-state index contributed by atoms with van der Waals surface area (Å²) in [5.41, 5.74) is 0. The van der Waals surface area contributed by atoms with Crippen LogP contribution < -0.4 is 19.1 Å². The molecular formula is C18H24N4O4S. The van der Waals surface area contributed by atoms with Gasteiger partial charge in [0, 0.05) is 19.2 Å². The molecule has 1 saturated heterocycles. The molecule has 0 saturated carbocycles. The molecule has 0 radical (unpaired) electrons. The average molecular weight is 392 g/mol. The second-order valence-corrected chi connectivity index (χ2v) is 7.98. The highest BCUT2D eigenvalue weighted by atomic mass is 32.2. The number of hydrogen-bond acceptors (Lipinski definition) is 7. The van der Waals surface area contributed by atoms with Crippen LogP contribution in [0.5, 0.6) is 11.5 Å². The number of nitrogens with one attached hydrogen (secondary N) is 1. The predicted molar refractivity (Wildman–Crippen MR) is 103 cm³/mol. The number of sulfonamides is 1. The van der Waals surface area contributed by atoms with Crippen LogP contribution >= 0.6 is 0 Å². The van der Waals surface area contributed by atoms with E-state index in [1.54, 1.807) is 18.2 Å². The van der Waals surface area contributed by atoms with Gasteiger partial charge in [0.15, 0.2) is 23.1 Å². The van der Waals surface area contributed by atoms with Crippen molar-refractivity contribution in [3.05, 3.63) is 30.3 Å². The van der Waals surface area contributed by atoms with Crippen molar-refractivity contribution in [2.24, 2.45) is 0 Å². The summed E-state index contributed by atoms with van der Waals surface area (Å²) in [4.78, 5) is 2.24. The van der Waals surface area contributed by atoms with Crippen LogP contribution in [-0.2, 0) is 10.0 Å². The first-order valence-corrected chi connectivity index (χ1v) is 10.4. The summed E-state index contributed by atoms with van der Waals surface area (Å²) in [6.45, 7) is 1.90. The van der Waals surface area contributed by atoms with E-state index in [1.165, 1.54) is 39.2 Å². The SMILES string of the molecule is COc1ccc(S(=O)(=O)Nc2ccc(N3CCCCCC3)nn2)cc1OC. The Morgan fingerprint density at radius 3 is 2.22 bits per heavy atom. The molecule has 1 aromatic carbocycles. The summed E-state index contributed by atoms with van der Waals surface area (Å²) in [5, 5.41) is 8.22. The Hall–Kier alpha value is -2.55. The molecule has 9 heteroatoms. The van der Waals surface area contributed by atoms with Crippen LogP contribution in [0.15, 0.2) is 35.2 Å². The van der Waals surface area contributed by atoms with Crippen LogP contribution in [0.4, 0.5) is 11.6 Å². The van der Waals surface area contributed by atoms with E-state index >= 15 is 0 Å². The third kappa shape index (κ3) is 4.60. The largest absolute Gasteiger partial charge is 0.493 e. The average Bonchev–Trinajstić information content (AvgIpc) is 2.97. The van der Waals surface area contributed by atoms with E-state index in [0.717, 1.165) is 31.7 Å². The second-order valence-electron chi connectivity index (χ2n) is 6.30. The third-order valence-electron chi connectivity index (χ3n) is 4.48. The first-order chi connectivity index (χ1) is 13.0. The van der Waals surface area contributed by atoms with Gasteiger partial charge in [-0.05, 0) is 37.1 Å². The number of anilines is 2. The standard InChI is InChI=1S/C18H24N4O4S/c1-25-15-8-7-14(13-16(15)26-2)27(23,24)21-17-9-10-18(20-19-17)22-11-5-3-4-6-12-22/h7-10,13H,3-6,11-12H2,1-2H3,(H,19,21). The topological polar surface area (TPSA) is 93.7 Å². The van der Waals surface area contributed by atoms with Crippen molar-refractivity contribution in [2.45, 2.75) is 30.6 Å². The van der Waals surface area contributed by atoms with Crippen LogP contribution in [-0.4, -0.2) is 45.9 Å². The zero-order valence-corrected chi connectivity index (χ0v) is 16.3. The fraction of sp³-hybridized carbons (Fsp3) is 0.444. The number of methoxy groups -OCH3 is 2. The Morgan fingerprint density at radius 1 is 0.926 bits per heavy atom. The van der Waals surface area contributed by atoms with Gasteiger partial charge in [-0.3, -0.25) is 4.72 Å². The van der Waals surface area contributed by atoms with Gasteiger partial charge in [-0.2, -0.15) is 0 Å². The zero-order chi connectivity index (χ0) is 19.3. The van der Waals surface area contributed by atoms with Gasteiger partial charge in [0.1, 0.15) is 0 Å². The molecule has 3 rings (SSSR count). The normalized spacial score (nSPS) is 15.1. The lowest BCUT2D eigenvalue weighted by Crippen LogP contribution is -2.25. The van der Waals surface area contributed by atoms with Crippen molar-refractivity contribution in [3.8, 4) is 11.5 Å². The fourth-order valence-corrected chi connectivity index (χ4v) is 4.04. The molecule has 0 aliphatic carbocycles. The van der Waals surface area contributed by atoms with E-state index in [4.69, 9.17) is 9.47 Å². The first kappa shape index (κ1) is 19.2. The molecule has 0 bridgehead atoms. The monoisotopic (exact) mass is 392 g/mol. The number of nitrogens with zero attached hydrogens (tertiary/aromatic N) is 3. The van der Waals surface area contributed by atoms with Crippen molar-refractivity contribution < 1.29 is 17.9 Å². The van der Waals surface area contributed by atoms with Crippen molar-refractivity contribution in [3.63, 3.8) is 0 Å². The highest BCUT2D eigenvalue weighted by Gasteiger charge is 2.18. The van der Waals surface area contributed by atoms with Gasteiger partial charge in [0.2, 0.25) is 0 Å². The maximum Gasteiger partial charge on any atom is 0.263 e. The van der Waals surface area contributed by atoms with Crippen molar-refractivity contribution in [1.29, 1.82) is 0 Å². The van der Waals surface area contributed by atoms with Gasteiger partial charge >= 0.3 is 0 Å². The van der Waals surface area contributed by atoms with Crippen LogP contribution in [0.3, 0.4) is 0 Å². The highest BCUT2D eigenvalue weighted by molar-refractivity contribution is 7.92. The molecule has 1 N–H and O–H groups in total. The summed E-state index contributed by atoms with van der Waals surface area (Å²) in [5.74, 6) is 1.73. The summed E-state index contributed by atoms with van der Waals surface area (Å²) in [6.07, 6.45) is 4.73. The molecule has 1 aliphatic rings. The Labute approximate surface area is 159 Å². The van der Waals surface area contributed by atoms with Crippen molar-refractivity contribution in [2.75, 3.05) is 36.9 Å². The van der Waals surface area contributed by atoms with E-state index in [2.05, 4.69) is 19.8 Å². The molecule has 1 aliphatic heterocycles. The lowest BCUT2D eigenvalue weighted by molar-refractivity contribution is 0.354. The van der Waals surface area contributed by atoms with E-state index in [-0.39, 0.29) is 10.7 Å².